The fourth-order valence-corrected chi connectivity index (χ4v) is 24.2. The van der Waals surface area contributed by atoms with Crippen molar-refractivity contribution in [3.63, 3.8) is 0 Å². The minimum atomic E-state index is -1.88. The molecule has 6 nitrogen and oxygen atoms in total. The first-order valence-corrected chi connectivity index (χ1v) is 82.9. The number of nitrogens with zero attached hydrogens (tertiary/aromatic N) is 6. The van der Waals surface area contributed by atoms with Crippen LogP contribution in [-0.4, -0.2) is 171 Å². The van der Waals surface area contributed by atoms with E-state index in [0.717, 1.165) is 26.2 Å². The number of pyridine rings is 2. The van der Waals surface area contributed by atoms with Crippen molar-refractivity contribution in [2.75, 3.05) is 45.8 Å². The average Bonchev–Trinajstić information content (AvgIpc) is 1.61. The minimum Gasteiger partial charge on any atom is -0.265 e. The summed E-state index contributed by atoms with van der Waals surface area (Å²) in [6, 6.07) is 95.5. The molecule has 11 aromatic carbocycles. The summed E-state index contributed by atoms with van der Waals surface area (Å²) in [5, 5.41) is 4.31. The second-order valence-electron chi connectivity index (χ2n) is 27.7. The summed E-state index contributed by atoms with van der Waals surface area (Å²) in [6.07, 6.45) is 7.00. The largest absolute Gasteiger partial charge is 0.265 e. The Balaban J connectivity index is 0.000000190. The van der Waals surface area contributed by atoms with E-state index in [1.54, 1.807) is 24.8 Å². The Labute approximate surface area is 842 Å². The van der Waals surface area contributed by atoms with Gasteiger partial charge in [0.15, 0.2) is 0 Å². The molecule has 2 saturated heterocycles. The minimum absolute atomic E-state index is 0. The summed E-state index contributed by atoms with van der Waals surface area (Å²) in [5.74, 6) is 0. The van der Waals surface area contributed by atoms with Gasteiger partial charge in [0.2, 0.25) is 0 Å². The maximum Gasteiger partial charge on any atom is 0.102 e. The Kier molecular flexibility index (Phi) is 45.1. The standard InChI is InChI=1S/2C21H27N2.C18H15P.2C13H8.2C5H5N.4ClH.5K.2Ru.H/c2*1-14-9-16(3)20(17(4)10-14)22-7-8-23(13-22)21-18(5)11-15(2)12-19(21)6;1-4-10-16(11-5-1)19(17-12-6-2-7-13-17)18-14-8-3-9-15-18;2*1-3-7-12-10(5-1)9-11-6-2-4-8-13(11)12;2*1-2-4-6-5-3-1;;;;;;;;;;;;/h2*9-13H,7-8H2,1-6H3;1-15H;2*1-8H;2*1-5H;4*1H;;;;;;;;/q2*-1;;;;;;;;;;;;;;+1;2*+2;-1/p-3. The van der Waals surface area contributed by atoms with Gasteiger partial charge in [-0.1, -0.05) is 138 Å². The van der Waals surface area contributed by atoms with E-state index in [-0.39, 0.29) is 52.8 Å². The van der Waals surface area contributed by atoms with Crippen LogP contribution in [0, 0.1) is 96.4 Å². The van der Waals surface area contributed by atoms with Crippen LogP contribution in [0.25, 0.3) is 22.3 Å². The Morgan fingerprint density at radius 1 is 0.281 bits per heavy atom. The van der Waals surface area contributed by atoms with Gasteiger partial charge in [-0.05, 0) is 188 Å². The third-order valence-corrected chi connectivity index (χ3v) is 28.3. The first-order chi connectivity index (χ1) is 54.8. The zero-order chi connectivity index (χ0) is 81.1. The Morgan fingerprint density at radius 2 is 0.456 bits per heavy atom. The number of anilines is 4. The van der Waals surface area contributed by atoms with E-state index in [1.165, 1.54) is 284 Å². The normalized spacial score (nSPS) is 12.4. The summed E-state index contributed by atoms with van der Waals surface area (Å²) < 4.78 is 2.33. The summed E-state index contributed by atoms with van der Waals surface area (Å²) in [5.41, 5.74) is 31.6. The summed E-state index contributed by atoms with van der Waals surface area (Å²) in [7, 11) is 24.0. The predicted molar refractivity (Wildman–Crippen MR) is 493 cm³/mol. The molecule has 2 fully saturated rings. The Bertz CT molecular complexity index is 4580. The van der Waals surface area contributed by atoms with Crippen molar-refractivity contribution in [1.82, 2.24) is 9.97 Å². The van der Waals surface area contributed by atoms with Crippen LogP contribution in [-0.2, 0) is 27.0 Å². The van der Waals surface area contributed by atoms with Gasteiger partial charge >= 0.3 is 393 Å². The van der Waals surface area contributed by atoms with Gasteiger partial charge in [-0.15, -0.1) is 0 Å². The van der Waals surface area contributed by atoms with Crippen molar-refractivity contribution in [3.8, 4) is 22.3 Å². The van der Waals surface area contributed by atoms with E-state index < -0.39 is 35.0 Å². The van der Waals surface area contributed by atoms with Crippen molar-refractivity contribution < 1.29 is 79.8 Å². The fraction of sp³-hybridized carbons (Fsp3) is 0.167. The van der Waals surface area contributed by atoms with E-state index in [2.05, 4.69) is 338 Å². The van der Waals surface area contributed by atoms with Crippen LogP contribution in [0.2, 0.25) is 0 Å². The molecule has 13 aromatic rings. The van der Waals surface area contributed by atoms with Gasteiger partial charge < -0.3 is 21.0 Å². The molecule has 566 valence electrons. The molecule has 18 heteroatoms. The number of hydrogen-bond donors (Lipinski definition) is 0. The molecule has 114 heavy (non-hydrogen) atoms. The quantitative estimate of drug-likeness (QED) is 0.0900. The number of rotatable bonds is 7. The molecular weight excluding hydrogens is 1810 g/mol. The van der Waals surface area contributed by atoms with Gasteiger partial charge in [0.1, 0.15) is 15.9 Å². The average molecular weight is 1910 g/mol. The summed E-state index contributed by atoms with van der Waals surface area (Å²) in [6.45, 7) is 35.1. The molecule has 0 atom stereocenters. The molecule has 0 bridgehead atoms. The van der Waals surface area contributed by atoms with Crippen LogP contribution in [0.15, 0.2) is 298 Å². The molecule has 0 N–H and O–H groups in total. The van der Waals surface area contributed by atoms with Gasteiger partial charge in [-0.3, -0.25) is 9.97 Å². The second kappa shape index (κ2) is 51.8. The zero-order valence-corrected chi connectivity index (χ0v) is 92.3. The maximum absolute atomic E-state index is 6.21. The molecule has 2 aliphatic carbocycles. The van der Waals surface area contributed by atoms with Crippen LogP contribution in [0.3, 0.4) is 0 Å². The molecular formula is C96H97Cl4K5N6PRu2-. The monoisotopic (exact) mass is 1900 g/mol. The predicted octanol–water partition coefficient (Wildman–Crippen LogP) is 19.2. The number of fused-ring (bicyclic) bond motifs is 6. The number of benzene rings is 11. The summed E-state index contributed by atoms with van der Waals surface area (Å²) in [4.78, 5) is 17.2. The van der Waals surface area contributed by atoms with Crippen molar-refractivity contribution >= 4 is 220 Å². The number of aryl methyl sites for hydroxylation is 12. The molecule has 0 radical (unpaired) electrons. The number of halogens is 4. The SMILES string of the molecule is Cc1cc(C)c(N2[CH-]N(c3c(C)cc(C)cc3C)CC2)c(C)c1.Cc1cc(C)c(N2[CH-]N(c3c(C)cc(C)cc3C)CC2)c(C)c1.[Cl][Ru]([Cl])=[C]1c2ccccc2-c2ccccc21.[Cl][Ru]([Cl])=[C]1c2ccccc2-c2ccccc21.[H-].[K+].[K][K].[K][K].c1ccc([PH+](c2ccccc2)c2ccccc2)cc1.c1ccncc1.c1ccncc1. The first-order valence-electron chi connectivity index (χ1n) is 38.7. The zero-order valence-electron chi connectivity index (χ0n) is 70.2. The van der Waals surface area contributed by atoms with Crippen molar-refractivity contribution in [3.05, 3.63) is 400 Å². The van der Waals surface area contributed by atoms with Crippen LogP contribution in [0.5, 0.6) is 0 Å². The van der Waals surface area contributed by atoms with Gasteiger partial charge in [0.25, 0.3) is 0 Å². The Morgan fingerprint density at radius 3 is 0.623 bits per heavy atom. The van der Waals surface area contributed by atoms with Crippen LogP contribution < -0.4 is 86.9 Å². The summed E-state index contributed by atoms with van der Waals surface area (Å²) >= 11 is 1.24. The van der Waals surface area contributed by atoms with E-state index in [0.29, 0.717) is 0 Å². The fourth-order valence-electron chi connectivity index (χ4n) is 15.3. The molecule has 0 unspecified atom stereocenters. The Hall–Kier alpha value is -0.321. The van der Waals surface area contributed by atoms with E-state index in [9.17, 15) is 0 Å². The van der Waals surface area contributed by atoms with Gasteiger partial charge in [-0.25, -0.2) is 0 Å². The molecule has 0 amide bonds. The molecule has 4 heterocycles. The molecule has 0 spiro atoms. The van der Waals surface area contributed by atoms with Gasteiger partial charge in [0.05, 0.1) is 7.92 Å². The second-order valence-corrected chi connectivity index (χ2v) is 41.6. The van der Waals surface area contributed by atoms with E-state index >= 15 is 0 Å². The maximum atomic E-state index is 6.21. The molecule has 17 rings (SSSR count). The first kappa shape index (κ1) is 99.1. The van der Waals surface area contributed by atoms with Crippen molar-refractivity contribution in [2.24, 2.45) is 0 Å². The smallest absolute Gasteiger partial charge is 0.102 e. The number of aromatic nitrogens is 2. The van der Waals surface area contributed by atoms with Crippen LogP contribution in [0.4, 0.5) is 22.7 Å². The molecule has 0 saturated carbocycles. The van der Waals surface area contributed by atoms with Crippen LogP contribution >= 0.6 is 46.7 Å². The number of hydrogen-bond acceptors (Lipinski definition) is 6. The topological polar surface area (TPSA) is 38.7 Å². The molecule has 4 aliphatic rings. The van der Waals surface area contributed by atoms with Gasteiger partial charge in [-0.2, -0.15) is 13.3 Å². The van der Waals surface area contributed by atoms with Gasteiger partial charge in [0, 0.05) is 73.7 Å². The van der Waals surface area contributed by atoms with E-state index in [1.807, 2.05) is 60.7 Å². The third-order valence-electron chi connectivity index (χ3n) is 19.2. The third kappa shape index (κ3) is 27.8. The molecule has 2 aromatic heterocycles. The van der Waals surface area contributed by atoms with Crippen LogP contribution in [0.1, 0.15) is 90.4 Å². The van der Waals surface area contributed by atoms with E-state index in [4.69, 9.17) is 38.8 Å². The van der Waals surface area contributed by atoms with Crippen molar-refractivity contribution in [1.29, 1.82) is 0 Å². The van der Waals surface area contributed by atoms with Crippen molar-refractivity contribution in [2.45, 2.75) is 83.1 Å². The molecule has 2 aliphatic heterocycles.